The second-order valence-corrected chi connectivity index (χ2v) is 9.28. The van der Waals surface area contributed by atoms with Crippen molar-refractivity contribution in [2.24, 2.45) is 0 Å². The van der Waals surface area contributed by atoms with Crippen molar-refractivity contribution in [1.29, 1.82) is 0 Å². The summed E-state index contributed by atoms with van der Waals surface area (Å²) >= 11 is 0. The molecule has 31 heavy (non-hydrogen) atoms. The van der Waals surface area contributed by atoms with Crippen LogP contribution in [0.25, 0.3) is 10.9 Å². The first kappa shape index (κ1) is 20.8. The van der Waals surface area contributed by atoms with Crippen molar-refractivity contribution in [1.82, 2.24) is 4.98 Å². The quantitative estimate of drug-likeness (QED) is 0.419. The Morgan fingerprint density at radius 2 is 1.52 bits per heavy atom. The van der Waals surface area contributed by atoms with E-state index in [1.807, 2.05) is 19.9 Å². The van der Waals surface area contributed by atoms with Crippen LogP contribution in [0.3, 0.4) is 0 Å². The number of nitrogens with zero attached hydrogens (tertiary/aromatic N) is 1. The van der Waals surface area contributed by atoms with Gasteiger partial charge < -0.3 is 4.74 Å². The molecule has 0 bridgehead atoms. The number of carbonyl (C=O) groups excluding carboxylic acids is 1. The topological polar surface area (TPSA) is 73.3 Å². The standard InChI is InChI=1S/C25H21NO4S/c1-16-4-11-20(12-5-16)31(28,29)25-21-14-17(2)6-13-23(21)26-15-22(25)24(27)18-7-9-19(30-3)10-8-18/h4-15H,1-3H3. The van der Waals surface area contributed by atoms with Gasteiger partial charge in [0.15, 0.2) is 5.78 Å². The number of benzene rings is 3. The highest BCUT2D eigenvalue weighted by molar-refractivity contribution is 7.91. The first-order chi connectivity index (χ1) is 14.8. The van der Waals surface area contributed by atoms with Gasteiger partial charge in [-0.15, -0.1) is 0 Å². The van der Waals surface area contributed by atoms with E-state index in [4.69, 9.17) is 4.74 Å². The van der Waals surface area contributed by atoms with Crippen LogP contribution in [0.15, 0.2) is 82.7 Å². The number of methoxy groups -OCH3 is 1. The van der Waals surface area contributed by atoms with Crippen LogP contribution >= 0.6 is 0 Å². The third-order valence-corrected chi connectivity index (χ3v) is 7.04. The predicted octanol–water partition coefficient (Wildman–Crippen LogP) is 4.92. The average Bonchev–Trinajstić information content (AvgIpc) is 2.78. The van der Waals surface area contributed by atoms with Crippen molar-refractivity contribution in [3.8, 4) is 5.75 Å². The molecule has 5 nitrogen and oxygen atoms in total. The molecular formula is C25H21NO4S. The van der Waals surface area contributed by atoms with E-state index in [-0.39, 0.29) is 15.4 Å². The van der Waals surface area contributed by atoms with Crippen LogP contribution in [0.2, 0.25) is 0 Å². The zero-order valence-electron chi connectivity index (χ0n) is 17.4. The van der Waals surface area contributed by atoms with E-state index in [1.165, 1.54) is 6.20 Å². The van der Waals surface area contributed by atoms with Crippen LogP contribution in [0.1, 0.15) is 27.0 Å². The number of fused-ring (bicyclic) bond motifs is 1. The summed E-state index contributed by atoms with van der Waals surface area (Å²) in [5.74, 6) is 0.195. The van der Waals surface area contributed by atoms with Crippen molar-refractivity contribution < 1.29 is 17.9 Å². The zero-order valence-corrected chi connectivity index (χ0v) is 18.2. The van der Waals surface area contributed by atoms with Gasteiger partial charge in [-0.2, -0.15) is 0 Å². The predicted molar refractivity (Wildman–Crippen MR) is 120 cm³/mol. The number of aromatic nitrogens is 1. The fourth-order valence-corrected chi connectivity index (χ4v) is 5.08. The summed E-state index contributed by atoms with van der Waals surface area (Å²) in [5, 5.41) is 0.430. The number of ether oxygens (including phenoxy) is 1. The molecule has 1 heterocycles. The van der Waals surface area contributed by atoms with Gasteiger partial charge in [0, 0.05) is 17.1 Å². The minimum Gasteiger partial charge on any atom is -0.497 e. The summed E-state index contributed by atoms with van der Waals surface area (Å²) in [4.78, 5) is 17.9. The average molecular weight is 432 g/mol. The van der Waals surface area contributed by atoms with Gasteiger partial charge in [-0.05, 0) is 62.4 Å². The lowest BCUT2D eigenvalue weighted by molar-refractivity contribution is 0.103. The van der Waals surface area contributed by atoms with Gasteiger partial charge >= 0.3 is 0 Å². The van der Waals surface area contributed by atoms with Crippen LogP contribution in [0.4, 0.5) is 0 Å². The summed E-state index contributed by atoms with van der Waals surface area (Å²) in [6.07, 6.45) is 1.35. The molecule has 0 saturated carbocycles. The van der Waals surface area contributed by atoms with E-state index in [0.29, 0.717) is 22.2 Å². The lowest BCUT2D eigenvalue weighted by Gasteiger charge is -2.14. The molecule has 0 fully saturated rings. The van der Waals surface area contributed by atoms with E-state index in [0.717, 1.165) is 11.1 Å². The number of pyridine rings is 1. The van der Waals surface area contributed by atoms with Gasteiger partial charge in [-0.3, -0.25) is 9.78 Å². The number of rotatable bonds is 5. The molecule has 6 heteroatoms. The van der Waals surface area contributed by atoms with E-state index >= 15 is 0 Å². The molecule has 3 aromatic carbocycles. The van der Waals surface area contributed by atoms with Gasteiger partial charge in [0.25, 0.3) is 0 Å². The zero-order chi connectivity index (χ0) is 22.2. The molecule has 0 saturated heterocycles. The van der Waals surface area contributed by atoms with E-state index in [1.54, 1.807) is 67.8 Å². The molecule has 0 aliphatic heterocycles. The van der Waals surface area contributed by atoms with Crippen molar-refractivity contribution in [2.45, 2.75) is 23.6 Å². The highest BCUT2D eigenvalue weighted by Crippen LogP contribution is 2.32. The number of hydrogen-bond acceptors (Lipinski definition) is 5. The largest absolute Gasteiger partial charge is 0.497 e. The number of aryl methyl sites for hydroxylation is 2. The van der Waals surface area contributed by atoms with Gasteiger partial charge in [0.2, 0.25) is 9.84 Å². The molecule has 0 aliphatic carbocycles. The van der Waals surface area contributed by atoms with Gasteiger partial charge in [0.1, 0.15) is 5.75 Å². The Morgan fingerprint density at radius 3 is 2.16 bits per heavy atom. The fraction of sp³-hybridized carbons (Fsp3) is 0.120. The first-order valence-corrected chi connectivity index (χ1v) is 11.2. The van der Waals surface area contributed by atoms with Crippen LogP contribution in [0, 0.1) is 13.8 Å². The molecule has 4 rings (SSSR count). The fourth-order valence-electron chi connectivity index (χ4n) is 3.47. The monoisotopic (exact) mass is 431 g/mol. The smallest absolute Gasteiger partial charge is 0.208 e. The lowest BCUT2D eigenvalue weighted by atomic mass is 10.0. The van der Waals surface area contributed by atoms with Crippen LogP contribution in [-0.4, -0.2) is 26.3 Å². The summed E-state index contributed by atoms with van der Waals surface area (Å²) in [7, 11) is -2.44. The Hall–Kier alpha value is -3.51. The van der Waals surface area contributed by atoms with Crippen molar-refractivity contribution in [2.75, 3.05) is 7.11 Å². The third kappa shape index (κ3) is 3.82. The maximum absolute atomic E-state index is 13.7. The van der Waals surface area contributed by atoms with Crippen LogP contribution in [-0.2, 0) is 9.84 Å². The Labute approximate surface area is 181 Å². The van der Waals surface area contributed by atoms with Gasteiger partial charge in [-0.25, -0.2) is 8.42 Å². The number of sulfone groups is 1. The SMILES string of the molecule is COc1ccc(C(=O)c2cnc3ccc(C)cc3c2S(=O)(=O)c2ccc(C)cc2)cc1. The van der Waals surface area contributed by atoms with E-state index < -0.39 is 15.6 Å². The van der Waals surface area contributed by atoms with E-state index in [9.17, 15) is 13.2 Å². The number of ketones is 1. The van der Waals surface area contributed by atoms with Crippen LogP contribution < -0.4 is 4.74 Å². The molecule has 0 N–H and O–H groups in total. The van der Waals surface area contributed by atoms with Crippen LogP contribution in [0.5, 0.6) is 5.75 Å². The molecule has 1 aromatic heterocycles. The second-order valence-electron chi connectivity index (χ2n) is 7.40. The lowest BCUT2D eigenvalue weighted by Crippen LogP contribution is -2.13. The normalized spacial score (nSPS) is 11.5. The Kier molecular flexibility index (Phi) is 5.33. The molecule has 0 spiro atoms. The molecule has 0 atom stereocenters. The highest BCUT2D eigenvalue weighted by atomic mass is 32.2. The summed E-state index contributed by atoms with van der Waals surface area (Å²) in [6, 6.07) is 18.6. The minimum atomic E-state index is -3.98. The highest BCUT2D eigenvalue weighted by Gasteiger charge is 2.28. The number of hydrogen-bond donors (Lipinski definition) is 0. The molecule has 156 valence electrons. The Morgan fingerprint density at radius 1 is 0.871 bits per heavy atom. The van der Waals surface area contributed by atoms with E-state index in [2.05, 4.69) is 4.98 Å². The van der Waals surface area contributed by atoms with Gasteiger partial charge in [-0.1, -0.05) is 29.3 Å². The maximum atomic E-state index is 13.7. The number of carbonyl (C=O) groups is 1. The molecule has 4 aromatic rings. The summed E-state index contributed by atoms with van der Waals surface area (Å²) < 4.78 is 32.6. The second kappa shape index (κ2) is 7.96. The first-order valence-electron chi connectivity index (χ1n) is 9.71. The Balaban J connectivity index is 2.00. The van der Waals surface area contributed by atoms with Crippen molar-refractivity contribution >= 4 is 26.5 Å². The van der Waals surface area contributed by atoms with Gasteiger partial charge in [0.05, 0.1) is 28.0 Å². The minimum absolute atomic E-state index is 0.0223. The molecule has 0 radical (unpaired) electrons. The third-order valence-electron chi connectivity index (χ3n) is 5.17. The molecule has 0 unspecified atom stereocenters. The molecule has 0 amide bonds. The molecule has 0 aliphatic rings. The van der Waals surface area contributed by atoms with Crippen molar-refractivity contribution in [3.05, 3.63) is 95.2 Å². The summed E-state index contributed by atoms with van der Waals surface area (Å²) in [6.45, 7) is 3.76. The van der Waals surface area contributed by atoms with Crippen molar-refractivity contribution in [3.63, 3.8) is 0 Å². The summed E-state index contributed by atoms with van der Waals surface area (Å²) in [5.41, 5.74) is 2.74. The molecular weight excluding hydrogens is 410 g/mol. The maximum Gasteiger partial charge on any atom is 0.208 e. The Bertz CT molecular complexity index is 1390.